The molecule has 0 aromatic heterocycles. The van der Waals surface area contributed by atoms with Crippen LogP contribution in [0.25, 0.3) is 0 Å². The van der Waals surface area contributed by atoms with Crippen molar-refractivity contribution in [3.8, 4) is 0 Å². The summed E-state index contributed by atoms with van der Waals surface area (Å²) in [5.74, 6) is 0. The van der Waals surface area contributed by atoms with E-state index in [4.69, 9.17) is 0 Å². The molecule has 0 aliphatic heterocycles. The summed E-state index contributed by atoms with van der Waals surface area (Å²) in [5.41, 5.74) is 0. The second-order valence-electron chi connectivity index (χ2n) is 5.00. The van der Waals surface area contributed by atoms with Gasteiger partial charge in [-0.1, -0.05) is 100 Å². The van der Waals surface area contributed by atoms with Gasteiger partial charge in [0.05, 0.1) is 0 Å². The van der Waals surface area contributed by atoms with Gasteiger partial charge in [0.1, 0.15) is 0 Å². The van der Waals surface area contributed by atoms with Gasteiger partial charge < -0.3 is 0 Å². The molecule has 3 aromatic rings. The lowest BCUT2D eigenvalue weighted by Crippen LogP contribution is -2.27. The Balaban J connectivity index is 2.44. The standard InChI is InChI=1S/C19H17IP2/c20-19(21)22(16-10-4-1-5-11-16,17-12-6-2-7-13-17)18-14-8-3-9-15-18/h1-15H,21H2. The van der Waals surface area contributed by atoms with E-state index in [0.717, 1.165) is 0 Å². The van der Waals surface area contributed by atoms with Crippen LogP contribution >= 0.6 is 38.7 Å². The van der Waals surface area contributed by atoms with Gasteiger partial charge in [-0.05, 0) is 45.4 Å². The normalized spacial score (nSPS) is 11.2. The highest BCUT2D eigenvalue weighted by molar-refractivity contribution is 14.1. The largest absolute Gasteiger partial charge is 0.0977 e. The fourth-order valence-corrected chi connectivity index (χ4v) is 10.1. The van der Waals surface area contributed by atoms with Crippen LogP contribution in [0.5, 0.6) is 0 Å². The maximum atomic E-state index is 2.97. The van der Waals surface area contributed by atoms with E-state index < -0.39 is 6.89 Å². The molecular weight excluding hydrogens is 417 g/mol. The van der Waals surface area contributed by atoms with Gasteiger partial charge in [0.2, 0.25) is 0 Å². The van der Waals surface area contributed by atoms with E-state index in [2.05, 4.69) is 123 Å². The molecule has 0 bridgehead atoms. The van der Waals surface area contributed by atoms with E-state index in [-0.39, 0.29) is 0 Å². The lowest BCUT2D eigenvalue weighted by molar-refractivity contribution is 1.73. The smallest absolute Gasteiger partial charge is 0.0175 e. The second-order valence-corrected chi connectivity index (χ2v) is 12.6. The molecule has 3 heteroatoms. The summed E-state index contributed by atoms with van der Waals surface area (Å²) in [6, 6.07) is 32.7. The van der Waals surface area contributed by atoms with Crippen LogP contribution in [0.4, 0.5) is 0 Å². The van der Waals surface area contributed by atoms with Gasteiger partial charge in [-0.3, -0.25) is 0 Å². The van der Waals surface area contributed by atoms with Gasteiger partial charge in [-0.25, -0.2) is 0 Å². The summed E-state index contributed by atoms with van der Waals surface area (Å²) in [4.78, 5) is 0. The lowest BCUT2D eigenvalue weighted by Gasteiger charge is -2.29. The van der Waals surface area contributed by atoms with E-state index in [9.17, 15) is 0 Å². The summed E-state index contributed by atoms with van der Waals surface area (Å²) in [6.07, 6.45) is 0. The molecule has 3 aromatic carbocycles. The van der Waals surface area contributed by atoms with Gasteiger partial charge in [0.25, 0.3) is 0 Å². The molecular formula is C19H17IP2. The molecule has 0 heterocycles. The SMILES string of the molecule is PC(I)=P(c1ccccc1)(c1ccccc1)c1ccccc1. The zero-order chi connectivity index (χ0) is 15.4. The Kier molecular flexibility index (Phi) is 5.18. The van der Waals surface area contributed by atoms with Crippen LogP contribution < -0.4 is 15.9 Å². The third-order valence-electron chi connectivity index (χ3n) is 3.75. The minimum Gasteiger partial charge on any atom is -0.0977 e. The molecule has 0 aliphatic carbocycles. The topological polar surface area (TPSA) is 0 Å². The lowest BCUT2D eigenvalue weighted by atomic mass is 10.4. The van der Waals surface area contributed by atoms with Crippen molar-refractivity contribution in [2.75, 3.05) is 0 Å². The Hall–Kier alpha value is -0.880. The highest BCUT2D eigenvalue weighted by Crippen LogP contribution is 2.49. The third kappa shape index (κ3) is 2.83. The zero-order valence-electron chi connectivity index (χ0n) is 12.1. The third-order valence-corrected chi connectivity index (χ3v) is 10.9. The van der Waals surface area contributed by atoms with Crippen molar-refractivity contribution in [3.63, 3.8) is 0 Å². The number of hydrogen-bond acceptors (Lipinski definition) is 0. The van der Waals surface area contributed by atoms with E-state index in [0.29, 0.717) is 0 Å². The zero-order valence-corrected chi connectivity index (χ0v) is 16.3. The number of hydrogen-bond donors (Lipinski definition) is 0. The first kappa shape index (κ1) is 16.0. The Morgan fingerprint density at radius 3 is 1.09 bits per heavy atom. The van der Waals surface area contributed by atoms with E-state index >= 15 is 0 Å². The van der Waals surface area contributed by atoms with Crippen molar-refractivity contribution in [1.29, 1.82) is 0 Å². The molecule has 1 unspecified atom stereocenters. The van der Waals surface area contributed by atoms with Crippen LogP contribution in [0, 0.1) is 0 Å². The van der Waals surface area contributed by atoms with Crippen LogP contribution in [0.3, 0.4) is 0 Å². The molecule has 0 saturated heterocycles. The molecule has 22 heavy (non-hydrogen) atoms. The van der Waals surface area contributed by atoms with Crippen molar-refractivity contribution in [3.05, 3.63) is 91.0 Å². The minimum atomic E-state index is -1.76. The first-order chi connectivity index (χ1) is 10.8. The monoisotopic (exact) mass is 434 g/mol. The molecule has 0 aliphatic rings. The molecule has 0 spiro atoms. The predicted octanol–water partition coefficient (Wildman–Crippen LogP) is 4.38. The Bertz CT molecular complexity index is 689. The molecule has 0 radical (unpaired) electrons. The predicted molar refractivity (Wildman–Crippen MR) is 114 cm³/mol. The first-order valence-electron chi connectivity index (χ1n) is 7.10. The maximum absolute atomic E-state index is 2.97. The fourth-order valence-electron chi connectivity index (χ4n) is 2.77. The molecule has 0 nitrogen and oxygen atoms in total. The van der Waals surface area contributed by atoms with E-state index in [1.807, 2.05) is 0 Å². The van der Waals surface area contributed by atoms with Crippen LogP contribution in [-0.2, 0) is 0 Å². The highest BCUT2D eigenvalue weighted by Gasteiger charge is 2.26. The molecule has 3 rings (SSSR count). The van der Waals surface area contributed by atoms with E-state index in [1.54, 1.807) is 0 Å². The molecule has 0 saturated carbocycles. The quantitative estimate of drug-likeness (QED) is 0.424. The fraction of sp³-hybridized carbons (Fsp3) is 0. The van der Waals surface area contributed by atoms with Crippen molar-refractivity contribution >= 4 is 57.7 Å². The average Bonchev–Trinajstić information content (AvgIpc) is 2.58. The minimum absolute atomic E-state index is 1.37. The number of halogens is 1. The van der Waals surface area contributed by atoms with Crippen molar-refractivity contribution in [2.45, 2.75) is 0 Å². The summed E-state index contributed by atoms with van der Waals surface area (Å²) < 4.78 is 1.37. The van der Waals surface area contributed by atoms with Crippen molar-refractivity contribution in [2.24, 2.45) is 0 Å². The highest BCUT2D eigenvalue weighted by atomic mass is 127. The summed E-state index contributed by atoms with van der Waals surface area (Å²) >= 11 is 2.50. The maximum Gasteiger partial charge on any atom is 0.0175 e. The van der Waals surface area contributed by atoms with Gasteiger partial charge in [0.15, 0.2) is 0 Å². The van der Waals surface area contributed by atoms with Gasteiger partial charge in [0, 0.05) is 3.04 Å². The van der Waals surface area contributed by atoms with Gasteiger partial charge >= 0.3 is 0 Å². The molecule has 0 amide bonds. The summed E-state index contributed by atoms with van der Waals surface area (Å²) in [5, 5.41) is 4.19. The first-order valence-corrected chi connectivity index (χ1v) is 10.5. The molecule has 0 fully saturated rings. The van der Waals surface area contributed by atoms with Crippen LogP contribution in [0.15, 0.2) is 91.0 Å². The Labute approximate surface area is 148 Å². The van der Waals surface area contributed by atoms with Crippen LogP contribution in [0.2, 0.25) is 0 Å². The summed E-state index contributed by atoms with van der Waals surface area (Å²) in [7, 11) is 2.97. The summed E-state index contributed by atoms with van der Waals surface area (Å²) in [6.45, 7) is -1.76. The van der Waals surface area contributed by atoms with E-state index in [1.165, 1.54) is 19.0 Å². The number of benzene rings is 3. The van der Waals surface area contributed by atoms with Gasteiger partial charge in [-0.2, -0.15) is 0 Å². The number of rotatable bonds is 3. The Morgan fingerprint density at radius 1 is 0.591 bits per heavy atom. The van der Waals surface area contributed by atoms with Crippen LogP contribution in [-0.4, -0.2) is 3.04 Å². The molecule has 110 valence electrons. The van der Waals surface area contributed by atoms with Crippen molar-refractivity contribution < 1.29 is 0 Å². The van der Waals surface area contributed by atoms with Crippen molar-refractivity contribution in [1.82, 2.24) is 0 Å². The van der Waals surface area contributed by atoms with Crippen LogP contribution in [0.1, 0.15) is 0 Å². The molecule has 1 atom stereocenters. The molecule has 0 N–H and O–H groups in total. The average molecular weight is 434 g/mol. The van der Waals surface area contributed by atoms with Gasteiger partial charge in [-0.15, -0.1) is 0 Å². The Morgan fingerprint density at radius 2 is 0.864 bits per heavy atom. The second kappa shape index (κ2) is 7.13.